The monoisotopic (exact) mass is 265 g/mol. The highest BCUT2D eigenvalue weighted by Gasteiger charge is 2.40. The van der Waals surface area contributed by atoms with Gasteiger partial charge in [-0.05, 0) is 5.41 Å². The standard InChI is InChI=1S/C12H19N5O2/c1-12(2,3)10-11(19)17(6-9(18)15-10)5-8-13-7-14-16(8)4/h7,10H,5-6H2,1-4H3,(H,15,18). The van der Waals surface area contributed by atoms with Crippen LogP contribution in [-0.4, -0.2) is 44.1 Å². The molecule has 0 aliphatic carbocycles. The van der Waals surface area contributed by atoms with E-state index in [4.69, 9.17) is 0 Å². The van der Waals surface area contributed by atoms with E-state index in [-0.39, 0.29) is 23.8 Å². The molecule has 0 radical (unpaired) electrons. The van der Waals surface area contributed by atoms with Crippen molar-refractivity contribution in [3.63, 3.8) is 0 Å². The Morgan fingerprint density at radius 3 is 2.63 bits per heavy atom. The van der Waals surface area contributed by atoms with E-state index >= 15 is 0 Å². The molecule has 0 spiro atoms. The second-order valence-corrected chi connectivity index (χ2v) is 5.86. The summed E-state index contributed by atoms with van der Waals surface area (Å²) in [6, 6.07) is -0.498. The van der Waals surface area contributed by atoms with Gasteiger partial charge in [-0.2, -0.15) is 5.10 Å². The number of nitrogens with one attached hydrogen (secondary N) is 1. The summed E-state index contributed by atoms with van der Waals surface area (Å²) in [6.07, 6.45) is 1.44. The van der Waals surface area contributed by atoms with Crippen molar-refractivity contribution in [3.05, 3.63) is 12.2 Å². The number of aryl methyl sites for hydroxylation is 1. The lowest BCUT2D eigenvalue weighted by atomic mass is 9.85. The van der Waals surface area contributed by atoms with Crippen molar-refractivity contribution in [3.8, 4) is 0 Å². The van der Waals surface area contributed by atoms with Crippen molar-refractivity contribution in [1.82, 2.24) is 25.0 Å². The van der Waals surface area contributed by atoms with Crippen molar-refractivity contribution in [1.29, 1.82) is 0 Å². The summed E-state index contributed by atoms with van der Waals surface area (Å²) in [7, 11) is 1.76. The molecule has 1 aromatic heterocycles. The van der Waals surface area contributed by atoms with Crippen LogP contribution in [0, 0.1) is 5.41 Å². The third kappa shape index (κ3) is 2.74. The van der Waals surface area contributed by atoms with E-state index in [1.165, 1.54) is 11.2 Å². The molecule has 1 atom stereocenters. The molecule has 2 rings (SSSR count). The zero-order valence-corrected chi connectivity index (χ0v) is 11.7. The number of rotatable bonds is 2. The maximum atomic E-state index is 12.4. The van der Waals surface area contributed by atoms with Crippen LogP contribution in [-0.2, 0) is 23.2 Å². The maximum absolute atomic E-state index is 12.4. The molecule has 1 N–H and O–H groups in total. The minimum absolute atomic E-state index is 0.0677. The lowest BCUT2D eigenvalue weighted by Crippen LogP contribution is -2.62. The van der Waals surface area contributed by atoms with Gasteiger partial charge in [0.2, 0.25) is 11.8 Å². The molecule has 0 bridgehead atoms. The fourth-order valence-corrected chi connectivity index (χ4v) is 2.06. The molecule has 104 valence electrons. The smallest absolute Gasteiger partial charge is 0.246 e. The molecule has 1 aromatic rings. The van der Waals surface area contributed by atoms with Gasteiger partial charge in [-0.3, -0.25) is 14.3 Å². The van der Waals surface area contributed by atoms with Gasteiger partial charge in [-0.15, -0.1) is 0 Å². The largest absolute Gasteiger partial charge is 0.342 e. The second-order valence-electron chi connectivity index (χ2n) is 5.86. The second kappa shape index (κ2) is 4.64. The molecule has 1 aliphatic heterocycles. The number of amides is 2. The van der Waals surface area contributed by atoms with E-state index in [0.29, 0.717) is 12.4 Å². The number of piperazine rings is 1. The van der Waals surface area contributed by atoms with Gasteiger partial charge in [0.05, 0.1) is 6.54 Å². The highest BCUT2D eigenvalue weighted by molar-refractivity contribution is 5.95. The van der Waals surface area contributed by atoms with Crippen LogP contribution in [0.15, 0.2) is 6.33 Å². The van der Waals surface area contributed by atoms with Crippen LogP contribution in [0.2, 0.25) is 0 Å². The van der Waals surface area contributed by atoms with Gasteiger partial charge < -0.3 is 10.2 Å². The number of carbonyl (C=O) groups is 2. The molecule has 2 heterocycles. The molecule has 19 heavy (non-hydrogen) atoms. The Balaban J connectivity index is 2.19. The first-order valence-corrected chi connectivity index (χ1v) is 6.20. The lowest BCUT2D eigenvalue weighted by Gasteiger charge is -2.38. The first-order chi connectivity index (χ1) is 8.79. The Labute approximate surface area is 112 Å². The van der Waals surface area contributed by atoms with Gasteiger partial charge >= 0.3 is 0 Å². The molecule has 0 aromatic carbocycles. The summed E-state index contributed by atoms with van der Waals surface area (Å²) >= 11 is 0. The first-order valence-electron chi connectivity index (χ1n) is 6.20. The molecular formula is C12H19N5O2. The third-order valence-corrected chi connectivity index (χ3v) is 3.20. The molecule has 1 fully saturated rings. The predicted octanol–water partition coefficient (Wildman–Crippen LogP) is -0.312. The van der Waals surface area contributed by atoms with E-state index in [2.05, 4.69) is 15.4 Å². The summed E-state index contributed by atoms with van der Waals surface area (Å²) in [6.45, 7) is 6.17. The van der Waals surface area contributed by atoms with Crippen LogP contribution in [0.1, 0.15) is 26.6 Å². The minimum Gasteiger partial charge on any atom is -0.342 e. The van der Waals surface area contributed by atoms with Crippen molar-refractivity contribution in [2.75, 3.05) is 6.54 Å². The van der Waals surface area contributed by atoms with Crippen molar-refractivity contribution >= 4 is 11.8 Å². The first kappa shape index (κ1) is 13.5. The lowest BCUT2D eigenvalue weighted by molar-refractivity contribution is -0.148. The highest BCUT2D eigenvalue weighted by atomic mass is 16.2. The number of hydrogen-bond donors (Lipinski definition) is 1. The molecule has 7 nitrogen and oxygen atoms in total. The molecular weight excluding hydrogens is 246 g/mol. The number of aromatic nitrogens is 3. The summed E-state index contributed by atoms with van der Waals surface area (Å²) in [5.41, 5.74) is -0.314. The highest BCUT2D eigenvalue weighted by Crippen LogP contribution is 2.23. The van der Waals surface area contributed by atoms with Gasteiger partial charge in [-0.1, -0.05) is 20.8 Å². The van der Waals surface area contributed by atoms with Crippen LogP contribution in [0.25, 0.3) is 0 Å². The van der Waals surface area contributed by atoms with Gasteiger partial charge in [0.15, 0.2) is 0 Å². The Bertz CT molecular complexity index is 502. The van der Waals surface area contributed by atoms with E-state index in [9.17, 15) is 9.59 Å². The number of hydrogen-bond acceptors (Lipinski definition) is 4. The van der Waals surface area contributed by atoms with E-state index in [1.54, 1.807) is 11.7 Å². The zero-order valence-electron chi connectivity index (χ0n) is 11.7. The average molecular weight is 265 g/mol. The van der Waals surface area contributed by atoms with Gasteiger partial charge in [0, 0.05) is 7.05 Å². The van der Waals surface area contributed by atoms with E-state index < -0.39 is 6.04 Å². The van der Waals surface area contributed by atoms with Crippen molar-refractivity contribution in [2.45, 2.75) is 33.4 Å². The van der Waals surface area contributed by atoms with Gasteiger partial charge in [-0.25, -0.2) is 4.98 Å². The molecule has 2 amide bonds. The normalized spacial score (nSPS) is 20.6. The van der Waals surface area contributed by atoms with Crippen LogP contribution < -0.4 is 5.32 Å². The fraction of sp³-hybridized carbons (Fsp3) is 0.667. The molecule has 7 heteroatoms. The summed E-state index contributed by atoms with van der Waals surface area (Å²) < 4.78 is 1.60. The summed E-state index contributed by atoms with van der Waals surface area (Å²) in [5, 5.41) is 6.72. The quantitative estimate of drug-likeness (QED) is 0.795. The molecule has 0 saturated carbocycles. The van der Waals surface area contributed by atoms with Crippen LogP contribution >= 0.6 is 0 Å². The number of nitrogens with zero attached hydrogens (tertiary/aromatic N) is 4. The molecule has 1 saturated heterocycles. The topological polar surface area (TPSA) is 80.1 Å². The summed E-state index contributed by atoms with van der Waals surface area (Å²) in [5.74, 6) is 0.451. The van der Waals surface area contributed by atoms with Crippen LogP contribution in [0.4, 0.5) is 0 Å². The Morgan fingerprint density at radius 2 is 2.11 bits per heavy atom. The SMILES string of the molecule is Cn1ncnc1CN1CC(=O)NC(C(C)(C)C)C1=O. The number of carbonyl (C=O) groups excluding carboxylic acids is 2. The van der Waals surface area contributed by atoms with E-state index in [1.807, 2.05) is 20.8 Å². The Morgan fingerprint density at radius 1 is 1.42 bits per heavy atom. The third-order valence-electron chi connectivity index (χ3n) is 3.20. The molecule has 1 unspecified atom stereocenters. The van der Waals surface area contributed by atoms with Gasteiger partial charge in [0.1, 0.15) is 24.7 Å². The minimum atomic E-state index is -0.498. The fourth-order valence-electron chi connectivity index (χ4n) is 2.06. The Hall–Kier alpha value is -1.92. The maximum Gasteiger partial charge on any atom is 0.246 e. The van der Waals surface area contributed by atoms with Gasteiger partial charge in [0.25, 0.3) is 0 Å². The van der Waals surface area contributed by atoms with Crippen LogP contribution in [0.5, 0.6) is 0 Å². The predicted molar refractivity (Wildman–Crippen MR) is 67.8 cm³/mol. The summed E-state index contributed by atoms with van der Waals surface area (Å²) in [4.78, 5) is 29.8. The van der Waals surface area contributed by atoms with E-state index in [0.717, 1.165) is 0 Å². The van der Waals surface area contributed by atoms with Crippen LogP contribution in [0.3, 0.4) is 0 Å². The van der Waals surface area contributed by atoms with Crippen molar-refractivity contribution < 1.29 is 9.59 Å². The average Bonchev–Trinajstić information content (AvgIpc) is 2.68. The molecule has 1 aliphatic rings. The van der Waals surface area contributed by atoms with Crippen molar-refractivity contribution in [2.24, 2.45) is 12.5 Å². The Kier molecular flexibility index (Phi) is 3.30. The zero-order chi connectivity index (χ0) is 14.2.